The molecule has 1 heterocycles. The number of H-pyrrole nitrogens is 2. The number of ether oxygens (including phenoxy) is 1. The predicted molar refractivity (Wildman–Crippen MR) is 162 cm³/mol. The van der Waals surface area contributed by atoms with Gasteiger partial charge in [0.05, 0.1) is 10.9 Å². The maximum Gasteiger partial charge on any atom is 0.407 e. The molecule has 0 spiro atoms. The third-order valence-corrected chi connectivity index (χ3v) is 7.70. The first-order valence-electron chi connectivity index (χ1n) is 13.5. The standard InChI is InChI=1S/C29H36IN5O5/c1-29(2,3)40-28(39)31-16-18-4-8-19(9-5-18)25(36)33-24(14-17-6-10-20(30)11-7-17)27(38)32-21-12-13-22-23(15-21)34-35-26(22)37/h6-7,10-13,15,18-19,24H,4-5,8-9,14,16H2,1-3H3,(H,31,39)(H,32,38)(H,33,36)(H2,34,35,37)/t18?,19?,24-/m0/s1. The van der Waals surface area contributed by atoms with Crippen LogP contribution < -0.4 is 21.5 Å². The molecule has 11 heteroatoms. The number of nitrogens with one attached hydrogen (secondary N) is 5. The summed E-state index contributed by atoms with van der Waals surface area (Å²) in [6, 6.07) is 12.1. The Hall–Kier alpha value is -3.35. The first-order valence-corrected chi connectivity index (χ1v) is 14.6. The molecule has 1 atom stereocenters. The van der Waals surface area contributed by atoms with Crippen molar-refractivity contribution >= 4 is 57.1 Å². The van der Waals surface area contributed by atoms with Crippen molar-refractivity contribution in [2.45, 2.75) is 64.5 Å². The van der Waals surface area contributed by atoms with Gasteiger partial charge in [0, 0.05) is 28.1 Å². The van der Waals surface area contributed by atoms with Crippen LogP contribution in [0, 0.1) is 15.4 Å². The number of halogens is 1. The fourth-order valence-corrected chi connectivity index (χ4v) is 5.23. The SMILES string of the molecule is CC(C)(C)OC(=O)NCC1CCC(C(=O)N[C@@H](Cc2ccc(I)cc2)C(=O)Nc2ccc3c(=O)[nH][nH]c3c2)CC1. The molecule has 0 bridgehead atoms. The number of hydrogen-bond donors (Lipinski definition) is 5. The second-order valence-electron chi connectivity index (χ2n) is 11.3. The van der Waals surface area contributed by atoms with Gasteiger partial charge in [0.2, 0.25) is 11.8 Å². The molecule has 0 saturated heterocycles. The van der Waals surface area contributed by atoms with E-state index in [2.05, 4.69) is 48.7 Å². The van der Waals surface area contributed by atoms with Crippen molar-refractivity contribution in [3.63, 3.8) is 0 Å². The van der Waals surface area contributed by atoms with Crippen LogP contribution in [-0.2, 0) is 20.7 Å². The van der Waals surface area contributed by atoms with Crippen LogP contribution in [0.5, 0.6) is 0 Å². The average Bonchev–Trinajstić information content (AvgIpc) is 3.27. The Balaban J connectivity index is 1.37. The maximum atomic E-state index is 13.4. The lowest BCUT2D eigenvalue weighted by atomic mass is 9.81. The lowest BCUT2D eigenvalue weighted by molar-refractivity contribution is -0.130. The molecule has 1 aliphatic carbocycles. The van der Waals surface area contributed by atoms with Crippen LogP contribution in [0.3, 0.4) is 0 Å². The lowest BCUT2D eigenvalue weighted by Gasteiger charge is -2.29. The molecule has 2 aromatic carbocycles. The number of alkyl carbamates (subject to hydrolysis) is 1. The first-order chi connectivity index (χ1) is 19.0. The number of aromatic amines is 2. The van der Waals surface area contributed by atoms with Gasteiger partial charge in [0.15, 0.2) is 0 Å². The first kappa shape index (κ1) is 29.6. The quantitative estimate of drug-likeness (QED) is 0.227. The van der Waals surface area contributed by atoms with Crippen molar-refractivity contribution in [2.75, 3.05) is 11.9 Å². The predicted octanol–water partition coefficient (Wildman–Crippen LogP) is 4.46. The van der Waals surface area contributed by atoms with Crippen molar-refractivity contribution in [3.8, 4) is 0 Å². The second kappa shape index (κ2) is 12.9. The van der Waals surface area contributed by atoms with Gasteiger partial charge in [-0.15, -0.1) is 0 Å². The molecular weight excluding hydrogens is 625 g/mol. The molecule has 1 aromatic heterocycles. The van der Waals surface area contributed by atoms with Crippen LogP contribution in [0.4, 0.5) is 10.5 Å². The highest BCUT2D eigenvalue weighted by Crippen LogP contribution is 2.29. The highest BCUT2D eigenvalue weighted by molar-refractivity contribution is 14.1. The Morgan fingerprint density at radius 1 is 1.02 bits per heavy atom. The Labute approximate surface area is 246 Å². The summed E-state index contributed by atoms with van der Waals surface area (Å²) in [5.74, 6) is -0.405. The molecule has 3 aromatic rings. The minimum absolute atomic E-state index is 0.144. The van der Waals surface area contributed by atoms with Gasteiger partial charge in [-0.1, -0.05) is 12.1 Å². The van der Waals surface area contributed by atoms with Crippen LogP contribution in [0.1, 0.15) is 52.0 Å². The highest BCUT2D eigenvalue weighted by atomic mass is 127. The lowest BCUT2D eigenvalue weighted by Crippen LogP contribution is -2.48. The summed E-state index contributed by atoms with van der Waals surface area (Å²) in [6.07, 6.45) is 2.88. The summed E-state index contributed by atoms with van der Waals surface area (Å²) >= 11 is 2.23. The van der Waals surface area contributed by atoms with Crippen LogP contribution in [-0.4, -0.2) is 46.3 Å². The number of fused-ring (bicyclic) bond motifs is 1. The van der Waals surface area contributed by atoms with Gasteiger partial charge in [-0.25, -0.2) is 4.79 Å². The molecule has 0 unspecified atom stereocenters. The topological polar surface area (TPSA) is 145 Å². The number of aromatic nitrogens is 2. The molecule has 1 fully saturated rings. The van der Waals surface area contributed by atoms with E-state index in [9.17, 15) is 19.2 Å². The van der Waals surface area contributed by atoms with E-state index in [1.54, 1.807) is 18.2 Å². The van der Waals surface area contributed by atoms with E-state index in [1.165, 1.54) is 0 Å². The second-order valence-corrected chi connectivity index (χ2v) is 12.6. The number of amides is 3. The van der Waals surface area contributed by atoms with Gasteiger partial charge in [-0.3, -0.25) is 24.6 Å². The van der Waals surface area contributed by atoms with Crippen molar-refractivity contribution in [1.29, 1.82) is 0 Å². The van der Waals surface area contributed by atoms with E-state index < -0.39 is 17.7 Å². The van der Waals surface area contributed by atoms with E-state index in [1.807, 2.05) is 45.0 Å². The largest absolute Gasteiger partial charge is 0.444 e. The number of anilines is 1. The normalized spacial score (nSPS) is 18.1. The summed E-state index contributed by atoms with van der Waals surface area (Å²) < 4.78 is 6.39. The average molecular weight is 662 g/mol. The molecule has 10 nitrogen and oxygen atoms in total. The fraction of sp³-hybridized carbons (Fsp3) is 0.448. The van der Waals surface area contributed by atoms with E-state index in [0.29, 0.717) is 42.4 Å². The molecule has 1 saturated carbocycles. The fourth-order valence-electron chi connectivity index (χ4n) is 4.87. The van der Waals surface area contributed by atoms with E-state index in [4.69, 9.17) is 4.74 Å². The molecule has 0 aliphatic heterocycles. The van der Waals surface area contributed by atoms with Crippen molar-refractivity contribution in [3.05, 3.63) is 62.0 Å². The molecular formula is C29H36IN5O5. The maximum absolute atomic E-state index is 13.4. The Bertz CT molecular complexity index is 1400. The van der Waals surface area contributed by atoms with Gasteiger partial charge in [-0.05, 0) is 111 Å². The zero-order valence-electron chi connectivity index (χ0n) is 22.9. The number of carbonyl (C=O) groups is 3. The summed E-state index contributed by atoms with van der Waals surface area (Å²) in [4.78, 5) is 50.5. The number of benzene rings is 2. The molecule has 214 valence electrons. The van der Waals surface area contributed by atoms with Gasteiger partial charge < -0.3 is 20.7 Å². The Kier molecular flexibility index (Phi) is 9.54. The number of rotatable bonds is 8. The van der Waals surface area contributed by atoms with Crippen molar-refractivity contribution in [2.24, 2.45) is 11.8 Å². The van der Waals surface area contributed by atoms with Crippen molar-refractivity contribution in [1.82, 2.24) is 20.8 Å². The third-order valence-electron chi connectivity index (χ3n) is 6.98. The minimum atomic E-state index is -0.778. The van der Waals surface area contributed by atoms with Crippen LogP contribution in [0.2, 0.25) is 0 Å². The number of carbonyl (C=O) groups excluding carboxylic acids is 3. The van der Waals surface area contributed by atoms with Crippen LogP contribution in [0.15, 0.2) is 47.3 Å². The van der Waals surface area contributed by atoms with E-state index in [0.717, 1.165) is 22.0 Å². The molecule has 0 radical (unpaired) electrons. The molecule has 40 heavy (non-hydrogen) atoms. The van der Waals surface area contributed by atoms with Gasteiger partial charge in [-0.2, -0.15) is 0 Å². The highest BCUT2D eigenvalue weighted by Gasteiger charge is 2.30. The molecule has 5 N–H and O–H groups in total. The van der Waals surface area contributed by atoms with Gasteiger partial charge in [0.1, 0.15) is 11.6 Å². The zero-order chi connectivity index (χ0) is 28.9. The molecule has 3 amide bonds. The summed E-state index contributed by atoms with van der Waals surface area (Å²) in [5, 5.41) is 14.5. The van der Waals surface area contributed by atoms with Crippen LogP contribution >= 0.6 is 22.6 Å². The van der Waals surface area contributed by atoms with E-state index >= 15 is 0 Å². The minimum Gasteiger partial charge on any atom is -0.444 e. The smallest absolute Gasteiger partial charge is 0.407 e. The third kappa shape index (κ3) is 8.33. The summed E-state index contributed by atoms with van der Waals surface area (Å²) in [5.41, 5.74) is 1.26. The monoisotopic (exact) mass is 661 g/mol. The van der Waals surface area contributed by atoms with Crippen molar-refractivity contribution < 1.29 is 19.1 Å². The van der Waals surface area contributed by atoms with Gasteiger partial charge in [0.25, 0.3) is 5.56 Å². The molecule has 4 rings (SSSR count). The summed E-state index contributed by atoms with van der Waals surface area (Å²) in [6.45, 7) is 5.98. The molecule has 1 aliphatic rings. The van der Waals surface area contributed by atoms with Crippen LogP contribution in [0.25, 0.3) is 10.9 Å². The summed E-state index contributed by atoms with van der Waals surface area (Å²) in [7, 11) is 0. The van der Waals surface area contributed by atoms with E-state index in [-0.39, 0.29) is 29.2 Å². The Morgan fingerprint density at radius 2 is 1.73 bits per heavy atom. The Morgan fingerprint density at radius 3 is 2.40 bits per heavy atom. The number of hydrogen-bond acceptors (Lipinski definition) is 5. The van der Waals surface area contributed by atoms with Gasteiger partial charge >= 0.3 is 6.09 Å². The zero-order valence-corrected chi connectivity index (χ0v) is 25.1.